The second kappa shape index (κ2) is 10.3. The van der Waals surface area contributed by atoms with Crippen molar-refractivity contribution in [1.29, 1.82) is 0 Å². The Morgan fingerprint density at radius 3 is 2.15 bits per heavy atom. The van der Waals surface area contributed by atoms with Crippen LogP contribution in [0.5, 0.6) is 0 Å². The molecule has 2 unspecified atom stereocenters. The van der Waals surface area contributed by atoms with E-state index in [0.717, 1.165) is 38.5 Å². The first-order valence-corrected chi connectivity index (χ1v) is 13.9. The van der Waals surface area contributed by atoms with Gasteiger partial charge in [-0.25, -0.2) is 13.6 Å². The molecule has 4 amide bonds. The minimum atomic E-state index is -3.11. The first-order valence-electron chi connectivity index (χ1n) is 13.9. The molecule has 218 valence electrons. The highest BCUT2D eigenvalue weighted by molar-refractivity contribution is 6.38. The number of piperidine rings is 1. The van der Waals surface area contributed by atoms with Crippen molar-refractivity contribution in [3.05, 3.63) is 0 Å². The summed E-state index contributed by atoms with van der Waals surface area (Å²) in [5.41, 5.74) is -0.879. The number of ketones is 1. The number of carbonyl (C=O) groups is 5. The van der Waals surface area contributed by atoms with E-state index in [9.17, 15) is 37.9 Å². The average Bonchev–Trinajstić information content (AvgIpc) is 3.59. The summed E-state index contributed by atoms with van der Waals surface area (Å²) in [5.74, 6) is -6.33. The van der Waals surface area contributed by atoms with Crippen molar-refractivity contribution < 1.29 is 37.9 Å². The van der Waals surface area contributed by atoms with Crippen molar-refractivity contribution in [3.63, 3.8) is 0 Å². The molecule has 4 aliphatic rings. The van der Waals surface area contributed by atoms with E-state index in [4.69, 9.17) is 0 Å². The van der Waals surface area contributed by atoms with Crippen molar-refractivity contribution in [3.8, 4) is 0 Å². The van der Waals surface area contributed by atoms with Crippen LogP contribution in [0.15, 0.2) is 0 Å². The summed E-state index contributed by atoms with van der Waals surface area (Å²) in [4.78, 5) is 65.9. The summed E-state index contributed by atoms with van der Waals surface area (Å²) >= 11 is 0. The Hall–Kier alpha value is -2.79. The highest BCUT2D eigenvalue weighted by Crippen LogP contribution is 2.72. The number of carboxylic acid groups (broad SMARTS) is 1. The van der Waals surface area contributed by atoms with E-state index in [1.54, 1.807) is 20.8 Å². The van der Waals surface area contributed by atoms with Gasteiger partial charge in [-0.15, -0.1) is 0 Å². The van der Waals surface area contributed by atoms with Gasteiger partial charge in [0.05, 0.1) is 6.04 Å². The maximum atomic E-state index is 13.8. The number of fused-ring (bicyclic) bond motifs is 3. The highest BCUT2D eigenvalue weighted by Gasteiger charge is 2.74. The zero-order chi connectivity index (χ0) is 28.9. The molecule has 3 aliphatic carbocycles. The molecule has 4 rings (SSSR count). The van der Waals surface area contributed by atoms with Crippen LogP contribution in [0.2, 0.25) is 0 Å². The molecule has 4 fully saturated rings. The summed E-state index contributed by atoms with van der Waals surface area (Å²) in [7, 11) is 0. The minimum absolute atomic E-state index is 0.0671. The van der Waals surface area contributed by atoms with Crippen molar-refractivity contribution in [2.24, 2.45) is 22.7 Å². The van der Waals surface area contributed by atoms with Gasteiger partial charge in [0.25, 0.3) is 5.91 Å². The van der Waals surface area contributed by atoms with E-state index >= 15 is 0 Å². The number of likely N-dealkylation sites (tertiary alicyclic amines) is 1. The van der Waals surface area contributed by atoms with Crippen LogP contribution in [0.1, 0.15) is 79.1 Å². The zero-order valence-electron chi connectivity index (χ0n) is 23.0. The third-order valence-corrected chi connectivity index (χ3v) is 8.90. The predicted octanol–water partition coefficient (Wildman–Crippen LogP) is 2.45. The maximum Gasteiger partial charge on any atom is 0.405 e. The minimum Gasteiger partial charge on any atom is -0.465 e. The van der Waals surface area contributed by atoms with Gasteiger partial charge in [0.2, 0.25) is 23.5 Å². The van der Waals surface area contributed by atoms with Gasteiger partial charge in [-0.05, 0) is 61.7 Å². The van der Waals surface area contributed by atoms with Gasteiger partial charge < -0.3 is 26.0 Å². The third kappa shape index (κ3) is 6.19. The molecule has 12 heteroatoms. The number of rotatable bonds is 10. The van der Waals surface area contributed by atoms with Crippen LogP contribution in [0.4, 0.5) is 13.6 Å². The Kier molecular flexibility index (Phi) is 7.72. The molecule has 5 atom stereocenters. The zero-order valence-corrected chi connectivity index (χ0v) is 23.0. The van der Waals surface area contributed by atoms with Crippen LogP contribution in [0.25, 0.3) is 0 Å². The van der Waals surface area contributed by atoms with Crippen LogP contribution in [-0.4, -0.2) is 76.2 Å². The van der Waals surface area contributed by atoms with Gasteiger partial charge in [-0.2, -0.15) is 0 Å². The Balaban J connectivity index is 1.58. The molecular formula is C27H40F2N4O6. The Labute approximate surface area is 227 Å². The van der Waals surface area contributed by atoms with Crippen molar-refractivity contribution in [2.75, 3.05) is 6.54 Å². The van der Waals surface area contributed by atoms with Gasteiger partial charge in [0.15, 0.2) is 0 Å². The number of hydrogen-bond donors (Lipinski definition) is 4. The molecule has 1 aliphatic heterocycles. The molecule has 3 saturated carbocycles. The number of nitrogens with one attached hydrogen (secondary N) is 3. The van der Waals surface area contributed by atoms with Crippen molar-refractivity contribution in [2.45, 2.75) is 109 Å². The summed E-state index contributed by atoms with van der Waals surface area (Å²) in [6, 6.07) is -3.70. The molecule has 4 N–H and O–H groups in total. The number of hydrogen-bond acceptors (Lipinski definition) is 5. The number of Topliss-reactive ketones (excluding diaryl/α,β-unsaturated/α-hetero) is 1. The predicted molar refractivity (Wildman–Crippen MR) is 136 cm³/mol. The van der Waals surface area contributed by atoms with Crippen molar-refractivity contribution in [1.82, 2.24) is 20.9 Å². The van der Waals surface area contributed by atoms with Crippen LogP contribution in [0, 0.1) is 22.7 Å². The molecule has 10 nitrogen and oxygen atoms in total. The number of alkyl halides is 2. The Bertz CT molecular complexity index is 1030. The normalized spacial score (nSPS) is 26.9. The van der Waals surface area contributed by atoms with E-state index in [1.165, 1.54) is 4.90 Å². The number of carbonyl (C=O) groups excluding carboxylic acids is 4. The van der Waals surface area contributed by atoms with E-state index in [-0.39, 0.29) is 29.8 Å². The second-order valence-corrected chi connectivity index (χ2v) is 13.0. The monoisotopic (exact) mass is 554 g/mol. The Morgan fingerprint density at radius 2 is 1.64 bits per heavy atom. The molecule has 1 spiro atoms. The smallest absolute Gasteiger partial charge is 0.405 e. The summed E-state index contributed by atoms with van der Waals surface area (Å²) in [5, 5.41) is 16.8. The number of nitrogens with zero attached hydrogens (tertiary/aromatic N) is 1. The molecular weight excluding hydrogens is 514 g/mol. The summed E-state index contributed by atoms with van der Waals surface area (Å²) < 4.78 is 27.4. The quantitative estimate of drug-likeness (QED) is 0.305. The first-order chi connectivity index (χ1) is 18.0. The number of halogens is 2. The highest BCUT2D eigenvalue weighted by atomic mass is 19.3. The lowest BCUT2D eigenvalue weighted by atomic mass is 9.85. The third-order valence-electron chi connectivity index (χ3n) is 8.90. The Morgan fingerprint density at radius 1 is 1.03 bits per heavy atom. The average molecular weight is 555 g/mol. The van der Waals surface area contributed by atoms with Crippen LogP contribution in [-0.2, 0) is 19.2 Å². The van der Waals surface area contributed by atoms with E-state index < -0.39 is 71.9 Å². The summed E-state index contributed by atoms with van der Waals surface area (Å²) in [6.45, 7) is 6.14. The van der Waals surface area contributed by atoms with Crippen LogP contribution >= 0.6 is 0 Å². The fourth-order valence-corrected chi connectivity index (χ4v) is 6.73. The fraction of sp³-hybridized carbons (Fsp3) is 0.815. The number of amides is 4. The molecule has 1 saturated heterocycles. The SMILES string of the molecule is CC(F)(F)CCC(NC(=O)[C@@H]1[C@@H]2[C@H](CN1C(=O)C(NC(=O)O)C(C)(C)C)C21CCCC1)C(=O)C(=O)NC1CC1. The van der Waals surface area contributed by atoms with Gasteiger partial charge in [-0.3, -0.25) is 19.2 Å². The summed E-state index contributed by atoms with van der Waals surface area (Å²) in [6.07, 6.45) is 2.79. The van der Waals surface area contributed by atoms with Crippen LogP contribution in [0.3, 0.4) is 0 Å². The van der Waals surface area contributed by atoms with Gasteiger partial charge >= 0.3 is 6.09 Å². The molecule has 1 heterocycles. The lowest BCUT2D eigenvalue weighted by molar-refractivity contribution is -0.145. The van der Waals surface area contributed by atoms with E-state index in [0.29, 0.717) is 6.92 Å². The van der Waals surface area contributed by atoms with Gasteiger partial charge in [0.1, 0.15) is 12.1 Å². The lowest BCUT2D eigenvalue weighted by Crippen LogP contribution is -2.60. The maximum absolute atomic E-state index is 13.8. The second-order valence-electron chi connectivity index (χ2n) is 13.0. The van der Waals surface area contributed by atoms with E-state index in [2.05, 4.69) is 16.0 Å². The molecule has 0 bridgehead atoms. The molecule has 39 heavy (non-hydrogen) atoms. The van der Waals surface area contributed by atoms with Crippen LogP contribution < -0.4 is 16.0 Å². The topological polar surface area (TPSA) is 145 Å². The van der Waals surface area contributed by atoms with Crippen molar-refractivity contribution >= 4 is 29.6 Å². The lowest BCUT2D eigenvalue weighted by Gasteiger charge is -2.37. The molecule has 0 aromatic carbocycles. The van der Waals surface area contributed by atoms with E-state index in [1.807, 2.05) is 0 Å². The molecule has 0 aromatic heterocycles. The fourth-order valence-electron chi connectivity index (χ4n) is 6.73. The molecule has 0 radical (unpaired) electrons. The standard InChI is InChI=1S/C27H40F2N4O6/c1-25(2,3)20(32-24(38)39)23(37)33-13-15-17(27(15)10-5-6-11-27)18(33)21(35)31-16(9-12-26(4,28)29)19(34)22(36)30-14-7-8-14/h14-18,20,32H,5-13H2,1-4H3,(H,30,36)(H,31,35)(H,38,39)/t15-,16?,17-,18-,20?/m0/s1. The largest absolute Gasteiger partial charge is 0.465 e. The van der Waals surface area contributed by atoms with Gasteiger partial charge in [-0.1, -0.05) is 33.6 Å². The van der Waals surface area contributed by atoms with Gasteiger partial charge in [0, 0.05) is 19.0 Å². The first kappa shape index (κ1) is 29.2. The molecule has 0 aromatic rings.